The number of carbonyl (C=O) groups excluding carboxylic acids is 2. The number of primary amides is 1. The lowest BCUT2D eigenvalue weighted by Gasteiger charge is -2.12. The van der Waals surface area contributed by atoms with E-state index >= 15 is 0 Å². The minimum atomic E-state index is -1.24. The fourth-order valence-electron chi connectivity index (χ4n) is 2.04. The second-order valence-electron chi connectivity index (χ2n) is 4.47. The highest BCUT2D eigenvalue weighted by molar-refractivity contribution is 5.94. The molecule has 22 heavy (non-hydrogen) atoms. The molecular formula is C14H12F2N2O4. The van der Waals surface area contributed by atoms with Crippen LogP contribution >= 0.6 is 0 Å². The average molecular weight is 310 g/mol. The van der Waals surface area contributed by atoms with Gasteiger partial charge in [0.2, 0.25) is 11.3 Å². The summed E-state index contributed by atoms with van der Waals surface area (Å²) < 4.78 is 32.6. The van der Waals surface area contributed by atoms with Crippen LogP contribution in [0.1, 0.15) is 17.3 Å². The minimum Gasteiger partial charge on any atom is -0.462 e. The Labute approximate surface area is 123 Å². The van der Waals surface area contributed by atoms with Crippen LogP contribution in [-0.2, 0) is 16.1 Å². The highest BCUT2D eigenvalue weighted by Crippen LogP contribution is 2.17. The fourth-order valence-corrected chi connectivity index (χ4v) is 2.04. The van der Waals surface area contributed by atoms with Gasteiger partial charge in [-0.1, -0.05) is 0 Å². The molecule has 1 amide bonds. The van der Waals surface area contributed by atoms with Crippen LogP contribution in [0.5, 0.6) is 0 Å². The van der Waals surface area contributed by atoms with Crippen LogP contribution in [-0.4, -0.2) is 23.1 Å². The molecular weight excluding hydrogens is 298 g/mol. The van der Waals surface area contributed by atoms with E-state index in [-0.39, 0.29) is 23.1 Å². The summed E-state index contributed by atoms with van der Waals surface area (Å²) in [6.07, 6.45) is 1.05. The van der Waals surface area contributed by atoms with Crippen LogP contribution in [0.3, 0.4) is 0 Å². The van der Waals surface area contributed by atoms with E-state index in [0.29, 0.717) is 6.07 Å². The lowest BCUT2D eigenvalue weighted by atomic mass is 10.1. The van der Waals surface area contributed by atoms with Crippen LogP contribution in [0.15, 0.2) is 23.1 Å². The maximum absolute atomic E-state index is 13.4. The zero-order valence-electron chi connectivity index (χ0n) is 11.6. The Morgan fingerprint density at radius 2 is 1.91 bits per heavy atom. The third-order valence-corrected chi connectivity index (χ3v) is 2.94. The number of aromatic nitrogens is 1. The predicted molar refractivity (Wildman–Crippen MR) is 73.3 cm³/mol. The van der Waals surface area contributed by atoms with E-state index in [9.17, 15) is 23.2 Å². The molecule has 0 radical (unpaired) electrons. The number of carbonyl (C=O) groups is 2. The standard InChI is InChI=1S/C14H12F2N2O4/c1-2-22-14(21)8-5-18(6-12(17)19)11-4-10(16)9(15)3-7(11)13(8)20/h3-5H,2,6H2,1H3,(H2,17,19). The molecule has 0 aliphatic rings. The first-order valence-corrected chi connectivity index (χ1v) is 6.32. The summed E-state index contributed by atoms with van der Waals surface area (Å²) in [5.41, 5.74) is 3.84. The first kappa shape index (κ1) is 15.6. The zero-order valence-corrected chi connectivity index (χ0v) is 11.6. The van der Waals surface area contributed by atoms with Crippen LogP contribution < -0.4 is 11.2 Å². The lowest BCUT2D eigenvalue weighted by Crippen LogP contribution is -2.25. The number of amides is 1. The number of fused-ring (bicyclic) bond motifs is 1. The normalized spacial score (nSPS) is 10.7. The molecule has 0 aliphatic heterocycles. The number of nitrogens with two attached hydrogens (primary N) is 1. The topological polar surface area (TPSA) is 91.4 Å². The van der Waals surface area contributed by atoms with Crippen molar-refractivity contribution in [2.75, 3.05) is 6.61 Å². The maximum atomic E-state index is 13.4. The van der Waals surface area contributed by atoms with Crippen molar-refractivity contribution in [2.24, 2.45) is 5.73 Å². The predicted octanol–water partition coefficient (Wildman–Crippen LogP) is 0.942. The third kappa shape index (κ3) is 2.80. The molecule has 1 aromatic carbocycles. The molecule has 1 aromatic heterocycles. The molecule has 2 N–H and O–H groups in total. The molecule has 0 saturated heterocycles. The minimum absolute atomic E-state index is 0.0317. The van der Waals surface area contributed by atoms with Crippen LogP contribution in [0.25, 0.3) is 10.9 Å². The van der Waals surface area contributed by atoms with E-state index in [2.05, 4.69) is 0 Å². The molecule has 1 heterocycles. The molecule has 0 saturated carbocycles. The Hall–Kier alpha value is -2.77. The number of rotatable bonds is 4. The summed E-state index contributed by atoms with van der Waals surface area (Å²) in [5, 5.41) is -0.245. The summed E-state index contributed by atoms with van der Waals surface area (Å²) in [7, 11) is 0. The van der Waals surface area contributed by atoms with Gasteiger partial charge in [-0.2, -0.15) is 0 Å². The second kappa shape index (κ2) is 5.92. The SMILES string of the molecule is CCOC(=O)c1cn(CC(N)=O)c2cc(F)c(F)cc2c1=O. The molecule has 8 heteroatoms. The number of ether oxygens (including phenoxy) is 1. The first-order chi connectivity index (χ1) is 10.3. The Kier molecular flexibility index (Phi) is 4.20. The number of esters is 1. The molecule has 0 fully saturated rings. The zero-order chi connectivity index (χ0) is 16.4. The van der Waals surface area contributed by atoms with Gasteiger partial charge in [0.1, 0.15) is 12.1 Å². The van der Waals surface area contributed by atoms with Crippen molar-refractivity contribution in [3.63, 3.8) is 0 Å². The number of halogens is 2. The van der Waals surface area contributed by atoms with E-state index in [1.165, 1.54) is 0 Å². The number of nitrogens with zero attached hydrogens (tertiary/aromatic N) is 1. The van der Waals surface area contributed by atoms with Gasteiger partial charge in [0.05, 0.1) is 12.1 Å². The second-order valence-corrected chi connectivity index (χ2v) is 4.47. The summed E-state index contributed by atoms with van der Waals surface area (Å²) in [4.78, 5) is 35.1. The van der Waals surface area contributed by atoms with Gasteiger partial charge in [0.15, 0.2) is 11.6 Å². The molecule has 0 bridgehead atoms. The van der Waals surface area contributed by atoms with E-state index < -0.39 is 35.5 Å². The van der Waals surface area contributed by atoms with Gasteiger partial charge in [-0.05, 0) is 13.0 Å². The lowest BCUT2D eigenvalue weighted by molar-refractivity contribution is -0.118. The van der Waals surface area contributed by atoms with Crippen molar-refractivity contribution >= 4 is 22.8 Å². The molecule has 2 aromatic rings. The van der Waals surface area contributed by atoms with Gasteiger partial charge in [-0.25, -0.2) is 13.6 Å². The Balaban J connectivity index is 2.81. The Morgan fingerprint density at radius 3 is 2.50 bits per heavy atom. The Morgan fingerprint density at radius 1 is 1.27 bits per heavy atom. The van der Waals surface area contributed by atoms with Crippen LogP contribution in [0.2, 0.25) is 0 Å². The molecule has 116 valence electrons. The van der Waals surface area contributed by atoms with Gasteiger partial charge in [0.25, 0.3) is 0 Å². The van der Waals surface area contributed by atoms with Gasteiger partial charge < -0.3 is 15.0 Å². The van der Waals surface area contributed by atoms with Gasteiger partial charge >= 0.3 is 5.97 Å². The quantitative estimate of drug-likeness (QED) is 0.851. The van der Waals surface area contributed by atoms with Gasteiger partial charge in [0, 0.05) is 17.6 Å². The van der Waals surface area contributed by atoms with Crippen LogP contribution in [0, 0.1) is 11.6 Å². The highest BCUT2D eigenvalue weighted by atomic mass is 19.2. The first-order valence-electron chi connectivity index (χ1n) is 6.32. The highest BCUT2D eigenvalue weighted by Gasteiger charge is 2.19. The number of hydrogen-bond donors (Lipinski definition) is 1. The van der Waals surface area contributed by atoms with Gasteiger partial charge in [-0.15, -0.1) is 0 Å². The molecule has 0 atom stereocenters. The summed E-state index contributed by atoms with van der Waals surface area (Å²) >= 11 is 0. The average Bonchev–Trinajstić information content (AvgIpc) is 2.44. The monoisotopic (exact) mass is 310 g/mol. The molecule has 0 aliphatic carbocycles. The number of benzene rings is 1. The van der Waals surface area contributed by atoms with Crippen molar-refractivity contribution in [3.05, 3.63) is 45.8 Å². The fraction of sp³-hybridized carbons (Fsp3) is 0.214. The maximum Gasteiger partial charge on any atom is 0.343 e. The van der Waals surface area contributed by atoms with E-state index in [4.69, 9.17) is 10.5 Å². The van der Waals surface area contributed by atoms with E-state index in [1.807, 2.05) is 0 Å². The molecule has 2 rings (SSSR count). The van der Waals surface area contributed by atoms with Crippen molar-refractivity contribution in [3.8, 4) is 0 Å². The summed E-state index contributed by atoms with van der Waals surface area (Å²) in [6, 6.07) is 1.44. The van der Waals surface area contributed by atoms with E-state index in [0.717, 1.165) is 16.8 Å². The number of hydrogen-bond acceptors (Lipinski definition) is 4. The molecule has 0 unspecified atom stereocenters. The smallest absolute Gasteiger partial charge is 0.343 e. The van der Waals surface area contributed by atoms with Crippen molar-refractivity contribution < 1.29 is 23.1 Å². The van der Waals surface area contributed by atoms with Crippen LogP contribution in [0.4, 0.5) is 8.78 Å². The number of pyridine rings is 1. The Bertz CT molecular complexity index is 830. The van der Waals surface area contributed by atoms with Crippen molar-refractivity contribution in [2.45, 2.75) is 13.5 Å². The van der Waals surface area contributed by atoms with Crippen molar-refractivity contribution in [1.29, 1.82) is 0 Å². The van der Waals surface area contributed by atoms with Crippen molar-refractivity contribution in [1.82, 2.24) is 4.57 Å². The van der Waals surface area contributed by atoms with E-state index in [1.54, 1.807) is 6.92 Å². The largest absolute Gasteiger partial charge is 0.462 e. The van der Waals surface area contributed by atoms with Gasteiger partial charge in [-0.3, -0.25) is 9.59 Å². The molecule has 6 nitrogen and oxygen atoms in total. The molecule has 0 spiro atoms. The summed E-state index contributed by atoms with van der Waals surface area (Å²) in [6.45, 7) is 1.17. The third-order valence-electron chi connectivity index (χ3n) is 2.94. The summed E-state index contributed by atoms with van der Waals surface area (Å²) in [5.74, 6) is -4.12.